The molecular weight excluding hydrogens is 294 g/mol. The number of nitrogens with zero attached hydrogens (tertiary/aromatic N) is 1. The van der Waals surface area contributed by atoms with Crippen LogP contribution in [0.4, 0.5) is 17.6 Å². The number of carbonyl (C=O) groups is 1. The number of hydrogen-bond donors (Lipinski definition) is 0. The fraction of sp³-hybridized carbons (Fsp3) is 0.400. The number of rotatable bonds is 4. The van der Waals surface area contributed by atoms with Crippen molar-refractivity contribution in [1.82, 2.24) is 4.98 Å². The van der Waals surface area contributed by atoms with Gasteiger partial charge in [-0.25, -0.2) is 14.2 Å². The van der Waals surface area contributed by atoms with Gasteiger partial charge in [-0.15, -0.1) is 24.8 Å². The van der Waals surface area contributed by atoms with E-state index < -0.39 is 29.6 Å². The van der Waals surface area contributed by atoms with E-state index in [9.17, 15) is 22.4 Å². The van der Waals surface area contributed by atoms with E-state index in [4.69, 9.17) is 11.6 Å². The Morgan fingerprint density at radius 1 is 1.47 bits per heavy atom. The van der Waals surface area contributed by atoms with Crippen LogP contribution in [0.5, 0.6) is 5.88 Å². The van der Waals surface area contributed by atoms with Crippen molar-refractivity contribution < 1.29 is 31.8 Å². The molecule has 4 nitrogen and oxygen atoms in total. The van der Waals surface area contributed by atoms with Gasteiger partial charge in [-0.2, -0.15) is 0 Å². The molecule has 0 saturated carbocycles. The molecule has 9 heteroatoms. The van der Waals surface area contributed by atoms with Gasteiger partial charge in [0.1, 0.15) is 5.56 Å². The maximum atomic E-state index is 13.7. The molecule has 1 aromatic rings. The van der Waals surface area contributed by atoms with Crippen LogP contribution >= 0.6 is 11.6 Å². The van der Waals surface area contributed by atoms with Crippen molar-refractivity contribution in [3.05, 3.63) is 23.1 Å². The topological polar surface area (TPSA) is 48.4 Å². The zero-order valence-corrected chi connectivity index (χ0v) is 10.3. The fourth-order valence-electron chi connectivity index (χ4n) is 1.16. The molecule has 0 spiro atoms. The molecule has 1 aromatic heterocycles. The second-order valence-electron chi connectivity index (χ2n) is 3.18. The Bertz CT molecular complexity index is 479. The molecule has 0 N–H and O–H groups in total. The van der Waals surface area contributed by atoms with Crippen molar-refractivity contribution in [3.8, 4) is 5.88 Å². The summed E-state index contributed by atoms with van der Waals surface area (Å²) in [6, 6.07) is 0.906. The minimum absolute atomic E-state index is 0.0632. The monoisotopic (exact) mass is 301 g/mol. The highest BCUT2D eigenvalue weighted by Gasteiger charge is 2.34. The second kappa shape index (κ2) is 6.05. The van der Waals surface area contributed by atoms with Gasteiger partial charge in [-0.1, -0.05) is 0 Å². The molecule has 0 atom stereocenters. The summed E-state index contributed by atoms with van der Waals surface area (Å²) >= 11 is 5.40. The van der Waals surface area contributed by atoms with Crippen molar-refractivity contribution in [2.75, 3.05) is 6.61 Å². The standard InChI is InChI=1S/C10H8ClF4NO3/c1-2-18-9(17)6-3-5(4-11)16-8(7(6)12)19-10(13,14)15/h3H,2,4H2,1H3. The molecule has 0 aliphatic carbocycles. The lowest BCUT2D eigenvalue weighted by Gasteiger charge is -2.12. The lowest BCUT2D eigenvalue weighted by Crippen LogP contribution is -2.20. The maximum absolute atomic E-state index is 13.7. The number of hydrogen-bond acceptors (Lipinski definition) is 4. The van der Waals surface area contributed by atoms with Crippen LogP contribution in [0.3, 0.4) is 0 Å². The minimum Gasteiger partial charge on any atom is -0.462 e. The molecule has 0 aliphatic heterocycles. The average Bonchev–Trinajstić information content (AvgIpc) is 2.30. The van der Waals surface area contributed by atoms with Gasteiger partial charge in [-0.3, -0.25) is 0 Å². The van der Waals surface area contributed by atoms with Crippen LogP contribution in [0, 0.1) is 5.82 Å². The quantitative estimate of drug-likeness (QED) is 0.487. The first-order valence-corrected chi connectivity index (χ1v) is 5.50. The van der Waals surface area contributed by atoms with Crippen molar-refractivity contribution in [2.24, 2.45) is 0 Å². The predicted molar refractivity (Wildman–Crippen MR) is 56.4 cm³/mol. The lowest BCUT2D eigenvalue weighted by molar-refractivity contribution is -0.277. The molecule has 0 aliphatic rings. The Morgan fingerprint density at radius 3 is 2.58 bits per heavy atom. The Balaban J connectivity index is 3.24. The Hall–Kier alpha value is -1.57. The van der Waals surface area contributed by atoms with Gasteiger partial charge >= 0.3 is 12.3 Å². The average molecular weight is 302 g/mol. The number of halogens is 5. The number of alkyl halides is 4. The molecule has 0 unspecified atom stereocenters. The molecule has 0 aromatic carbocycles. The van der Waals surface area contributed by atoms with E-state index >= 15 is 0 Å². The van der Waals surface area contributed by atoms with Gasteiger partial charge in [0, 0.05) is 0 Å². The van der Waals surface area contributed by atoms with Crippen LogP contribution in [0.1, 0.15) is 23.0 Å². The normalized spacial score (nSPS) is 11.3. The Kier molecular flexibility index (Phi) is 4.93. The summed E-state index contributed by atoms with van der Waals surface area (Å²) in [5, 5.41) is 0. The predicted octanol–water partition coefficient (Wildman–Crippen LogP) is 3.03. The highest BCUT2D eigenvalue weighted by Crippen LogP contribution is 2.27. The molecule has 0 bridgehead atoms. The van der Waals surface area contributed by atoms with E-state index in [0.717, 1.165) is 6.07 Å². The second-order valence-corrected chi connectivity index (χ2v) is 3.45. The minimum atomic E-state index is -5.13. The number of carbonyl (C=O) groups excluding carboxylic acids is 1. The van der Waals surface area contributed by atoms with Gasteiger partial charge in [-0.05, 0) is 13.0 Å². The van der Waals surface area contributed by atoms with Gasteiger partial charge < -0.3 is 9.47 Å². The molecule has 0 saturated heterocycles. The number of pyridine rings is 1. The van der Waals surface area contributed by atoms with Crippen LogP contribution in [0.25, 0.3) is 0 Å². The zero-order valence-electron chi connectivity index (χ0n) is 9.55. The number of esters is 1. The highest BCUT2D eigenvalue weighted by atomic mass is 35.5. The molecule has 106 valence electrons. The van der Waals surface area contributed by atoms with E-state index in [1.165, 1.54) is 6.92 Å². The highest BCUT2D eigenvalue weighted by molar-refractivity contribution is 6.17. The molecule has 0 radical (unpaired) electrons. The van der Waals surface area contributed by atoms with Gasteiger partial charge in [0.15, 0.2) is 5.82 Å². The fourth-order valence-corrected chi connectivity index (χ4v) is 1.30. The van der Waals surface area contributed by atoms with Gasteiger partial charge in [0.2, 0.25) is 0 Å². The third-order valence-corrected chi connectivity index (χ3v) is 2.10. The summed E-state index contributed by atoms with van der Waals surface area (Å²) in [7, 11) is 0. The SMILES string of the molecule is CCOC(=O)c1cc(CCl)nc(OC(F)(F)F)c1F. The van der Waals surface area contributed by atoms with Gasteiger partial charge in [0.25, 0.3) is 5.88 Å². The largest absolute Gasteiger partial charge is 0.574 e. The van der Waals surface area contributed by atoms with Gasteiger partial charge in [0.05, 0.1) is 18.2 Å². The van der Waals surface area contributed by atoms with E-state index in [1.54, 1.807) is 0 Å². The van der Waals surface area contributed by atoms with E-state index in [-0.39, 0.29) is 18.2 Å². The summed E-state index contributed by atoms with van der Waals surface area (Å²) in [4.78, 5) is 14.6. The first-order chi connectivity index (χ1) is 8.78. The molecule has 0 fully saturated rings. The summed E-state index contributed by atoms with van der Waals surface area (Å²) in [6.45, 7) is 1.40. The van der Waals surface area contributed by atoms with Crippen LogP contribution in [-0.4, -0.2) is 23.9 Å². The molecule has 1 rings (SSSR count). The first-order valence-electron chi connectivity index (χ1n) is 4.96. The first kappa shape index (κ1) is 15.5. The van der Waals surface area contributed by atoms with Crippen molar-refractivity contribution in [2.45, 2.75) is 19.2 Å². The van der Waals surface area contributed by atoms with Crippen LogP contribution in [-0.2, 0) is 10.6 Å². The summed E-state index contributed by atoms with van der Waals surface area (Å²) in [6.07, 6.45) is -5.13. The van der Waals surface area contributed by atoms with Crippen LogP contribution in [0.15, 0.2) is 6.07 Å². The van der Waals surface area contributed by atoms with E-state index in [2.05, 4.69) is 14.5 Å². The van der Waals surface area contributed by atoms with Crippen molar-refractivity contribution in [3.63, 3.8) is 0 Å². The molecule has 19 heavy (non-hydrogen) atoms. The zero-order chi connectivity index (χ0) is 14.6. The van der Waals surface area contributed by atoms with Crippen LogP contribution in [0.2, 0.25) is 0 Å². The third-order valence-electron chi connectivity index (χ3n) is 1.82. The molecule has 1 heterocycles. The lowest BCUT2D eigenvalue weighted by atomic mass is 10.2. The van der Waals surface area contributed by atoms with E-state index in [1.807, 2.05) is 0 Å². The molecule has 0 amide bonds. The summed E-state index contributed by atoms with van der Waals surface area (Å²) < 4.78 is 57.7. The van der Waals surface area contributed by atoms with E-state index in [0.29, 0.717) is 0 Å². The summed E-state index contributed by atoms with van der Waals surface area (Å²) in [5.41, 5.74) is -0.864. The third kappa shape index (κ3) is 4.23. The smallest absolute Gasteiger partial charge is 0.462 e. The summed E-state index contributed by atoms with van der Waals surface area (Å²) in [5.74, 6) is -4.36. The van der Waals surface area contributed by atoms with Crippen molar-refractivity contribution in [1.29, 1.82) is 0 Å². The Morgan fingerprint density at radius 2 is 2.11 bits per heavy atom. The van der Waals surface area contributed by atoms with Crippen LogP contribution < -0.4 is 4.74 Å². The number of aromatic nitrogens is 1. The van der Waals surface area contributed by atoms with Crippen molar-refractivity contribution >= 4 is 17.6 Å². The molecular formula is C10H8ClF4NO3. The maximum Gasteiger partial charge on any atom is 0.574 e. The Labute approximate surface area is 110 Å². The number of ether oxygens (including phenoxy) is 2.